The van der Waals surface area contributed by atoms with Crippen LogP contribution in [0.2, 0.25) is 0 Å². The molecule has 0 radical (unpaired) electrons. The van der Waals surface area contributed by atoms with Crippen molar-refractivity contribution in [2.45, 2.75) is 31.7 Å². The molecule has 6 nitrogen and oxygen atoms in total. The second-order valence-electron chi connectivity index (χ2n) is 6.08. The van der Waals surface area contributed by atoms with E-state index in [0.717, 1.165) is 18.5 Å². The lowest BCUT2D eigenvalue weighted by atomic mass is 10.1. The van der Waals surface area contributed by atoms with E-state index in [-0.39, 0.29) is 5.91 Å². The predicted octanol–water partition coefficient (Wildman–Crippen LogP) is 3.48. The molecule has 0 aliphatic heterocycles. The number of carbonyl (C=O) groups excluding carboxylic acids is 2. The molecule has 1 amide bonds. The standard InChI is InChI=1S/C19H21N3O3/c1-25-19(24)16-8-4-5-9-17(16)22-18(23)13-10-15(12-20-11-13)21-14-6-2-3-7-14/h4-5,8-12,14,21H,2-3,6-7H2,1H3,(H,22,23). The molecule has 0 unspecified atom stereocenters. The molecule has 0 atom stereocenters. The number of nitrogens with one attached hydrogen (secondary N) is 2. The molecular weight excluding hydrogens is 318 g/mol. The van der Waals surface area contributed by atoms with E-state index in [9.17, 15) is 9.59 Å². The largest absolute Gasteiger partial charge is 0.465 e. The summed E-state index contributed by atoms with van der Waals surface area (Å²) in [5.74, 6) is -0.815. The van der Waals surface area contributed by atoms with E-state index in [0.29, 0.717) is 22.9 Å². The highest BCUT2D eigenvalue weighted by molar-refractivity contribution is 6.08. The predicted molar refractivity (Wildman–Crippen MR) is 95.9 cm³/mol. The summed E-state index contributed by atoms with van der Waals surface area (Å²) in [4.78, 5) is 28.5. The molecule has 1 aliphatic carbocycles. The highest BCUT2D eigenvalue weighted by atomic mass is 16.5. The molecule has 1 aliphatic rings. The van der Waals surface area contributed by atoms with Gasteiger partial charge in [0.15, 0.2) is 0 Å². The maximum atomic E-state index is 12.5. The number of benzene rings is 1. The van der Waals surface area contributed by atoms with Crippen LogP contribution in [-0.2, 0) is 4.74 Å². The van der Waals surface area contributed by atoms with Crippen molar-refractivity contribution < 1.29 is 14.3 Å². The molecule has 25 heavy (non-hydrogen) atoms. The third kappa shape index (κ3) is 4.15. The number of pyridine rings is 1. The van der Waals surface area contributed by atoms with Crippen molar-refractivity contribution in [2.24, 2.45) is 0 Å². The normalized spacial score (nSPS) is 14.1. The van der Waals surface area contributed by atoms with Crippen LogP contribution in [0.5, 0.6) is 0 Å². The second-order valence-corrected chi connectivity index (χ2v) is 6.08. The lowest BCUT2D eigenvalue weighted by Crippen LogP contribution is -2.17. The summed E-state index contributed by atoms with van der Waals surface area (Å²) >= 11 is 0. The topological polar surface area (TPSA) is 80.3 Å². The fourth-order valence-electron chi connectivity index (χ4n) is 3.02. The summed E-state index contributed by atoms with van der Waals surface area (Å²) in [6, 6.07) is 8.96. The molecule has 130 valence electrons. The first-order chi connectivity index (χ1) is 12.2. The van der Waals surface area contributed by atoms with Crippen LogP contribution in [-0.4, -0.2) is 30.0 Å². The first-order valence-corrected chi connectivity index (χ1v) is 8.37. The molecule has 1 saturated carbocycles. The molecule has 1 aromatic carbocycles. The Morgan fingerprint density at radius 3 is 2.68 bits per heavy atom. The van der Waals surface area contributed by atoms with Gasteiger partial charge < -0.3 is 15.4 Å². The summed E-state index contributed by atoms with van der Waals surface area (Å²) in [5.41, 5.74) is 1.99. The van der Waals surface area contributed by atoms with Crippen molar-refractivity contribution >= 4 is 23.3 Å². The number of ether oxygens (including phenoxy) is 1. The lowest BCUT2D eigenvalue weighted by Gasteiger charge is -2.14. The summed E-state index contributed by atoms with van der Waals surface area (Å²) in [6.45, 7) is 0. The van der Waals surface area contributed by atoms with Gasteiger partial charge in [-0.1, -0.05) is 25.0 Å². The Morgan fingerprint density at radius 2 is 1.92 bits per heavy atom. The van der Waals surface area contributed by atoms with Crippen LogP contribution in [0, 0.1) is 0 Å². The van der Waals surface area contributed by atoms with Crippen molar-refractivity contribution in [3.63, 3.8) is 0 Å². The summed E-state index contributed by atoms with van der Waals surface area (Å²) in [6.07, 6.45) is 7.98. The number of hydrogen-bond acceptors (Lipinski definition) is 5. The summed E-state index contributed by atoms with van der Waals surface area (Å²) in [5, 5.41) is 6.18. The Labute approximate surface area is 146 Å². The van der Waals surface area contributed by atoms with Crippen LogP contribution in [0.4, 0.5) is 11.4 Å². The molecule has 1 fully saturated rings. The molecule has 1 heterocycles. The van der Waals surface area contributed by atoms with Gasteiger partial charge >= 0.3 is 5.97 Å². The number of nitrogens with zero attached hydrogens (tertiary/aromatic N) is 1. The molecule has 2 aromatic rings. The van der Waals surface area contributed by atoms with Gasteiger partial charge in [-0.3, -0.25) is 9.78 Å². The molecule has 0 bridgehead atoms. The van der Waals surface area contributed by atoms with Gasteiger partial charge in [0.25, 0.3) is 5.91 Å². The smallest absolute Gasteiger partial charge is 0.339 e. The van der Waals surface area contributed by atoms with Gasteiger partial charge in [0.05, 0.1) is 29.6 Å². The van der Waals surface area contributed by atoms with Crippen molar-refractivity contribution in [1.82, 2.24) is 4.98 Å². The number of amides is 1. The molecule has 1 aromatic heterocycles. The maximum Gasteiger partial charge on any atom is 0.339 e. The molecule has 0 spiro atoms. The van der Waals surface area contributed by atoms with E-state index in [4.69, 9.17) is 4.74 Å². The Kier molecular flexibility index (Phi) is 5.28. The zero-order valence-corrected chi connectivity index (χ0v) is 14.1. The van der Waals surface area contributed by atoms with Gasteiger partial charge in [-0.15, -0.1) is 0 Å². The zero-order valence-electron chi connectivity index (χ0n) is 14.1. The average Bonchev–Trinajstić information content (AvgIpc) is 3.14. The van der Waals surface area contributed by atoms with Crippen LogP contribution in [0.3, 0.4) is 0 Å². The lowest BCUT2D eigenvalue weighted by molar-refractivity contribution is 0.0602. The van der Waals surface area contributed by atoms with Crippen molar-refractivity contribution in [1.29, 1.82) is 0 Å². The average molecular weight is 339 g/mol. The Bertz CT molecular complexity index is 770. The molecule has 2 N–H and O–H groups in total. The van der Waals surface area contributed by atoms with E-state index in [1.54, 1.807) is 36.5 Å². The number of rotatable bonds is 5. The summed E-state index contributed by atoms with van der Waals surface area (Å²) < 4.78 is 4.75. The maximum absolute atomic E-state index is 12.5. The fourth-order valence-corrected chi connectivity index (χ4v) is 3.02. The number of carbonyl (C=O) groups is 2. The van der Waals surface area contributed by atoms with E-state index in [2.05, 4.69) is 15.6 Å². The van der Waals surface area contributed by atoms with E-state index < -0.39 is 5.97 Å². The van der Waals surface area contributed by atoms with Crippen molar-refractivity contribution in [2.75, 3.05) is 17.7 Å². The van der Waals surface area contributed by atoms with E-state index in [1.807, 2.05) is 0 Å². The van der Waals surface area contributed by atoms with Crippen molar-refractivity contribution in [3.8, 4) is 0 Å². The first kappa shape index (κ1) is 17.0. The third-order valence-electron chi connectivity index (χ3n) is 4.31. The monoisotopic (exact) mass is 339 g/mol. The minimum absolute atomic E-state index is 0.312. The van der Waals surface area contributed by atoms with E-state index in [1.165, 1.54) is 26.1 Å². The van der Waals surface area contributed by atoms with Crippen LogP contribution in [0.15, 0.2) is 42.7 Å². The quantitative estimate of drug-likeness (QED) is 0.815. The molecular formula is C19H21N3O3. The van der Waals surface area contributed by atoms with Crippen LogP contribution in [0.25, 0.3) is 0 Å². The van der Waals surface area contributed by atoms with Gasteiger partial charge in [0.1, 0.15) is 0 Å². The Hall–Kier alpha value is -2.89. The highest BCUT2D eigenvalue weighted by Crippen LogP contribution is 2.23. The van der Waals surface area contributed by atoms with Crippen molar-refractivity contribution in [3.05, 3.63) is 53.9 Å². The molecule has 6 heteroatoms. The fraction of sp³-hybridized carbons (Fsp3) is 0.316. The Balaban J connectivity index is 1.74. The minimum atomic E-state index is -0.495. The number of methoxy groups -OCH3 is 1. The second kappa shape index (κ2) is 7.79. The van der Waals surface area contributed by atoms with Gasteiger partial charge in [0, 0.05) is 18.4 Å². The Morgan fingerprint density at radius 1 is 1.16 bits per heavy atom. The SMILES string of the molecule is COC(=O)c1ccccc1NC(=O)c1cncc(NC2CCCC2)c1. The molecule has 0 saturated heterocycles. The van der Waals surface area contributed by atoms with Gasteiger partial charge in [-0.05, 0) is 31.0 Å². The number of para-hydroxylation sites is 1. The minimum Gasteiger partial charge on any atom is -0.465 e. The van der Waals surface area contributed by atoms with Gasteiger partial charge in [-0.25, -0.2) is 4.79 Å². The van der Waals surface area contributed by atoms with Gasteiger partial charge in [0.2, 0.25) is 0 Å². The zero-order chi connectivity index (χ0) is 17.6. The number of hydrogen-bond donors (Lipinski definition) is 2. The van der Waals surface area contributed by atoms with Crippen LogP contribution >= 0.6 is 0 Å². The molecule has 3 rings (SSSR count). The highest BCUT2D eigenvalue weighted by Gasteiger charge is 2.17. The number of esters is 1. The van der Waals surface area contributed by atoms with Crippen LogP contribution < -0.4 is 10.6 Å². The van der Waals surface area contributed by atoms with Crippen LogP contribution in [0.1, 0.15) is 46.4 Å². The summed E-state index contributed by atoms with van der Waals surface area (Å²) in [7, 11) is 1.31. The number of aromatic nitrogens is 1. The van der Waals surface area contributed by atoms with Gasteiger partial charge in [-0.2, -0.15) is 0 Å². The first-order valence-electron chi connectivity index (χ1n) is 8.37. The third-order valence-corrected chi connectivity index (χ3v) is 4.31. The number of anilines is 2. The van der Waals surface area contributed by atoms with E-state index >= 15 is 0 Å².